The van der Waals surface area contributed by atoms with Gasteiger partial charge in [-0.15, -0.1) is 0 Å². The van der Waals surface area contributed by atoms with Gasteiger partial charge in [0.25, 0.3) is 0 Å². The molecule has 0 amide bonds. The van der Waals surface area contributed by atoms with Crippen molar-refractivity contribution in [2.45, 2.75) is 26.2 Å². The molecule has 1 aliphatic heterocycles. The lowest BCUT2D eigenvalue weighted by Crippen LogP contribution is -2.28. The summed E-state index contributed by atoms with van der Waals surface area (Å²) in [5.41, 5.74) is -0.0896. The Morgan fingerprint density at radius 3 is 2.89 bits per heavy atom. The van der Waals surface area contributed by atoms with E-state index >= 15 is 0 Å². The summed E-state index contributed by atoms with van der Waals surface area (Å²) in [6, 6.07) is 7.13. The van der Waals surface area contributed by atoms with Crippen molar-refractivity contribution < 1.29 is 19.4 Å². The molecule has 96 valence electrons. The van der Waals surface area contributed by atoms with E-state index in [0.717, 1.165) is 0 Å². The summed E-state index contributed by atoms with van der Waals surface area (Å²) < 4.78 is 5.55. The van der Waals surface area contributed by atoms with E-state index in [0.29, 0.717) is 30.8 Å². The van der Waals surface area contributed by atoms with Gasteiger partial charge in [0.05, 0.1) is 12.2 Å². The Labute approximate surface area is 106 Å². The molecule has 1 heterocycles. The van der Waals surface area contributed by atoms with Gasteiger partial charge in [0.1, 0.15) is 5.75 Å². The van der Waals surface area contributed by atoms with Crippen LogP contribution in [0.5, 0.6) is 5.75 Å². The Morgan fingerprint density at radius 1 is 1.44 bits per heavy atom. The fraction of sp³-hybridized carbons (Fsp3) is 0.429. The predicted octanol–water partition coefficient (Wildman–Crippen LogP) is 2.52. The van der Waals surface area contributed by atoms with E-state index in [1.807, 2.05) is 13.0 Å². The SMILES string of the molecule is CC1(CCC(=O)O)CCOc2ccccc2C1=O. The molecule has 0 bridgehead atoms. The maximum absolute atomic E-state index is 12.5. The van der Waals surface area contributed by atoms with E-state index in [-0.39, 0.29) is 12.2 Å². The van der Waals surface area contributed by atoms with E-state index in [1.54, 1.807) is 18.2 Å². The highest BCUT2D eigenvalue weighted by atomic mass is 16.5. The van der Waals surface area contributed by atoms with Gasteiger partial charge in [-0.3, -0.25) is 9.59 Å². The number of benzene rings is 1. The second kappa shape index (κ2) is 4.80. The first-order valence-corrected chi connectivity index (χ1v) is 6.01. The average molecular weight is 248 g/mol. The van der Waals surface area contributed by atoms with Gasteiger partial charge >= 0.3 is 5.97 Å². The summed E-state index contributed by atoms with van der Waals surface area (Å²) in [4.78, 5) is 23.2. The molecule has 1 atom stereocenters. The molecule has 1 N–H and O–H groups in total. The first kappa shape index (κ1) is 12.6. The number of Topliss-reactive ketones (excluding diaryl/α,β-unsaturated/α-hetero) is 1. The first-order valence-electron chi connectivity index (χ1n) is 6.01. The highest BCUT2D eigenvalue weighted by molar-refractivity contribution is 6.03. The highest BCUT2D eigenvalue weighted by Gasteiger charge is 2.37. The Balaban J connectivity index is 2.29. The van der Waals surface area contributed by atoms with E-state index < -0.39 is 11.4 Å². The summed E-state index contributed by atoms with van der Waals surface area (Å²) in [6.45, 7) is 2.27. The minimum atomic E-state index is -0.873. The first-order chi connectivity index (χ1) is 8.53. The van der Waals surface area contributed by atoms with Crippen molar-refractivity contribution in [3.63, 3.8) is 0 Å². The largest absolute Gasteiger partial charge is 0.493 e. The number of ketones is 1. The summed E-state index contributed by atoms with van der Waals surface area (Å²) in [5, 5.41) is 8.77. The number of para-hydroxylation sites is 1. The summed E-state index contributed by atoms with van der Waals surface area (Å²) in [5.74, 6) is -0.291. The number of carboxylic acids is 1. The number of ether oxygens (including phenoxy) is 1. The monoisotopic (exact) mass is 248 g/mol. The van der Waals surface area contributed by atoms with Crippen molar-refractivity contribution in [3.8, 4) is 5.75 Å². The number of carbonyl (C=O) groups is 2. The van der Waals surface area contributed by atoms with Crippen LogP contribution in [0.1, 0.15) is 36.5 Å². The molecule has 2 rings (SSSR count). The normalized spacial score (nSPS) is 22.8. The summed E-state index contributed by atoms with van der Waals surface area (Å²) >= 11 is 0. The van der Waals surface area contributed by atoms with Crippen LogP contribution >= 0.6 is 0 Å². The van der Waals surface area contributed by atoms with Gasteiger partial charge in [-0.1, -0.05) is 19.1 Å². The third-order valence-corrected chi connectivity index (χ3v) is 3.48. The molecular weight excluding hydrogens is 232 g/mol. The number of hydrogen-bond donors (Lipinski definition) is 1. The highest BCUT2D eigenvalue weighted by Crippen LogP contribution is 2.37. The van der Waals surface area contributed by atoms with Crippen LogP contribution in [0.3, 0.4) is 0 Å². The van der Waals surface area contributed by atoms with Gasteiger partial charge in [-0.05, 0) is 25.0 Å². The molecule has 0 aliphatic carbocycles. The summed E-state index contributed by atoms with van der Waals surface area (Å²) in [6.07, 6.45) is 0.900. The van der Waals surface area contributed by atoms with Gasteiger partial charge in [0.2, 0.25) is 0 Å². The van der Waals surface area contributed by atoms with Crippen molar-refractivity contribution in [1.29, 1.82) is 0 Å². The Hall–Kier alpha value is -1.84. The van der Waals surface area contributed by atoms with Crippen LogP contribution in [0.4, 0.5) is 0 Å². The molecule has 0 fully saturated rings. The van der Waals surface area contributed by atoms with E-state index in [1.165, 1.54) is 0 Å². The topological polar surface area (TPSA) is 63.6 Å². The van der Waals surface area contributed by atoms with Gasteiger partial charge in [0, 0.05) is 11.8 Å². The van der Waals surface area contributed by atoms with Crippen LogP contribution in [0.15, 0.2) is 24.3 Å². The number of aliphatic carboxylic acids is 1. The van der Waals surface area contributed by atoms with Crippen LogP contribution in [0.2, 0.25) is 0 Å². The van der Waals surface area contributed by atoms with Crippen LogP contribution < -0.4 is 4.74 Å². The van der Waals surface area contributed by atoms with Crippen molar-refractivity contribution in [3.05, 3.63) is 29.8 Å². The van der Waals surface area contributed by atoms with E-state index in [4.69, 9.17) is 9.84 Å². The van der Waals surface area contributed by atoms with Crippen molar-refractivity contribution in [2.75, 3.05) is 6.61 Å². The minimum absolute atomic E-state index is 0.00437. The zero-order valence-corrected chi connectivity index (χ0v) is 10.3. The number of fused-ring (bicyclic) bond motifs is 1. The molecule has 4 nitrogen and oxygen atoms in total. The maximum atomic E-state index is 12.5. The average Bonchev–Trinajstić information content (AvgIpc) is 2.47. The van der Waals surface area contributed by atoms with Gasteiger partial charge in [-0.2, -0.15) is 0 Å². The van der Waals surface area contributed by atoms with Crippen LogP contribution in [0.25, 0.3) is 0 Å². The Bertz CT molecular complexity index is 480. The number of rotatable bonds is 3. The molecule has 1 aromatic rings. The smallest absolute Gasteiger partial charge is 0.303 e. The van der Waals surface area contributed by atoms with Gasteiger partial charge in [-0.25, -0.2) is 0 Å². The molecule has 0 radical (unpaired) electrons. The molecule has 1 aromatic carbocycles. The molecule has 0 saturated heterocycles. The molecule has 1 unspecified atom stereocenters. The molecule has 4 heteroatoms. The quantitative estimate of drug-likeness (QED) is 0.892. The molecular formula is C14H16O4. The summed E-state index contributed by atoms with van der Waals surface area (Å²) in [7, 11) is 0. The number of carbonyl (C=O) groups excluding carboxylic acids is 1. The van der Waals surface area contributed by atoms with Gasteiger partial charge < -0.3 is 9.84 Å². The van der Waals surface area contributed by atoms with Crippen molar-refractivity contribution >= 4 is 11.8 Å². The third-order valence-electron chi connectivity index (χ3n) is 3.48. The van der Waals surface area contributed by atoms with Crippen molar-refractivity contribution in [1.82, 2.24) is 0 Å². The van der Waals surface area contributed by atoms with Crippen LogP contribution in [-0.4, -0.2) is 23.5 Å². The second-order valence-corrected chi connectivity index (χ2v) is 4.88. The molecule has 0 spiro atoms. The fourth-order valence-corrected chi connectivity index (χ4v) is 2.23. The lowest BCUT2D eigenvalue weighted by Gasteiger charge is -2.24. The fourth-order valence-electron chi connectivity index (χ4n) is 2.23. The van der Waals surface area contributed by atoms with Gasteiger partial charge in [0.15, 0.2) is 5.78 Å². The van der Waals surface area contributed by atoms with Crippen LogP contribution in [-0.2, 0) is 4.79 Å². The lowest BCUT2D eigenvalue weighted by molar-refractivity contribution is -0.137. The number of carboxylic acid groups (broad SMARTS) is 1. The Kier molecular flexibility index (Phi) is 3.36. The number of hydrogen-bond acceptors (Lipinski definition) is 3. The molecule has 18 heavy (non-hydrogen) atoms. The zero-order chi connectivity index (χ0) is 13.2. The molecule has 0 aromatic heterocycles. The van der Waals surface area contributed by atoms with Crippen molar-refractivity contribution in [2.24, 2.45) is 5.41 Å². The predicted molar refractivity (Wildman–Crippen MR) is 65.9 cm³/mol. The third kappa shape index (κ3) is 2.37. The molecule has 0 saturated carbocycles. The minimum Gasteiger partial charge on any atom is -0.493 e. The van der Waals surface area contributed by atoms with Crippen LogP contribution in [0, 0.1) is 5.41 Å². The maximum Gasteiger partial charge on any atom is 0.303 e. The Morgan fingerprint density at radius 2 is 2.17 bits per heavy atom. The van der Waals surface area contributed by atoms with E-state index in [9.17, 15) is 9.59 Å². The lowest BCUT2D eigenvalue weighted by atomic mass is 9.76. The zero-order valence-electron chi connectivity index (χ0n) is 10.3. The molecule has 1 aliphatic rings. The van der Waals surface area contributed by atoms with E-state index in [2.05, 4.69) is 0 Å². The second-order valence-electron chi connectivity index (χ2n) is 4.88. The standard InChI is InChI=1S/C14H16O4/c1-14(7-6-12(15)16)8-9-18-11-5-3-2-4-10(11)13(14)17/h2-5H,6-9H2,1H3,(H,15,16).